The van der Waals surface area contributed by atoms with Crippen LogP contribution < -0.4 is 5.32 Å². The summed E-state index contributed by atoms with van der Waals surface area (Å²) in [7, 11) is 0. The monoisotopic (exact) mass is 496 g/mol. The molecule has 0 amide bonds. The first-order chi connectivity index (χ1) is 16.1. The minimum atomic E-state index is -0.495. The Bertz CT molecular complexity index is 1200. The smallest absolute Gasteiger partial charge is 0.338 e. The van der Waals surface area contributed by atoms with E-state index < -0.39 is 6.04 Å². The van der Waals surface area contributed by atoms with Gasteiger partial charge >= 0.3 is 5.97 Å². The van der Waals surface area contributed by atoms with Crippen molar-refractivity contribution in [3.63, 3.8) is 0 Å². The van der Waals surface area contributed by atoms with Crippen molar-refractivity contribution in [2.45, 2.75) is 18.7 Å². The second kappa shape index (κ2) is 10.9. The van der Waals surface area contributed by atoms with Gasteiger partial charge in [-0.2, -0.15) is 0 Å². The van der Waals surface area contributed by atoms with E-state index >= 15 is 0 Å². The minimum absolute atomic E-state index is 0.284. The van der Waals surface area contributed by atoms with E-state index in [4.69, 9.17) is 32.9 Å². The maximum absolute atomic E-state index is 13.1. The summed E-state index contributed by atoms with van der Waals surface area (Å²) < 4.78 is 5.43. The molecule has 1 N–H and O–H groups in total. The predicted octanol–water partition coefficient (Wildman–Crippen LogP) is 6.90. The second-order valence-corrected chi connectivity index (χ2v) is 9.08. The molecule has 4 rings (SSSR count). The number of ether oxygens (including phenoxy) is 1. The van der Waals surface area contributed by atoms with Crippen LogP contribution in [-0.2, 0) is 15.3 Å². The van der Waals surface area contributed by atoms with Crippen molar-refractivity contribution in [2.24, 2.45) is 4.99 Å². The highest BCUT2D eigenvalue weighted by atomic mass is 35.5. The first-order valence-corrected chi connectivity index (χ1v) is 12.2. The van der Waals surface area contributed by atoms with E-state index in [1.54, 1.807) is 13.0 Å². The number of halogens is 2. The summed E-state index contributed by atoms with van der Waals surface area (Å²) in [6.45, 7) is 2.08. The molecule has 0 fully saturated rings. The largest absolute Gasteiger partial charge is 0.463 e. The number of carbonyl (C=O) groups is 1. The Morgan fingerprint density at radius 2 is 1.73 bits per heavy atom. The number of hydrogen-bond acceptors (Lipinski definition) is 5. The van der Waals surface area contributed by atoms with Crippen molar-refractivity contribution in [1.29, 1.82) is 0 Å². The molecule has 0 saturated carbocycles. The van der Waals surface area contributed by atoms with Gasteiger partial charge in [0.05, 0.1) is 17.9 Å². The molecule has 0 radical (unpaired) electrons. The number of aliphatic imine (C=N–C) groups is 1. The SMILES string of the molecule is CCOC(=O)C1=C(c2ccccc2)NC(SCc2ccc(Cl)cc2Cl)=N[C@H]1c1ccccc1. The molecule has 0 saturated heterocycles. The molecule has 1 heterocycles. The molecule has 0 unspecified atom stereocenters. The van der Waals surface area contributed by atoms with Gasteiger partial charge in [-0.15, -0.1) is 0 Å². The molecule has 7 heteroatoms. The summed E-state index contributed by atoms with van der Waals surface area (Å²) in [5.41, 5.74) is 3.94. The van der Waals surface area contributed by atoms with Crippen LogP contribution >= 0.6 is 35.0 Å². The summed E-state index contributed by atoms with van der Waals surface area (Å²) in [5, 5.41) is 5.28. The van der Waals surface area contributed by atoms with E-state index in [9.17, 15) is 4.79 Å². The molecule has 1 aliphatic rings. The lowest BCUT2D eigenvalue weighted by atomic mass is 9.94. The zero-order valence-electron chi connectivity index (χ0n) is 17.9. The van der Waals surface area contributed by atoms with Crippen LogP contribution in [0.4, 0.5) is 0 Å². The fraction of sp³-hybridized carbons (Fsp3) is 0.154. The van der Waals surface area contributed by atoms with Crippen molar-refractivity contribution >= 4 is 51.8 Å². The number of hydrogen-bond donors (Lipinski definition) is 1. The fourth-order valence-electron chi connectivity index (χ4n) is 3.51. The molecule has 168 valence electrons. The number of amidine groups is 1. The lowest BCUT2D eigenvalue weighted by Gasteiger charge is -2.27. The number of rotatable bonds is 6. The van der Waals surface area contributed by atoms with Crippen molar-refractivity contribution in [1.82, 2.24) is 5.32 Å². The first kappa shape index (κ1) is 23.4. The minimum Gasteiger partial charge on any atom is -0.463 e. The normalized spacial score (nSPS) is 15.6. The van der Waals surface area contributed by atoms with E-state index in [2.05, 4.69) is 5.32 Å². The van der Waals surface area contributed by atoms with Gasteiger partial charge in [-0.25, -0.2) is 9.79 Å². The summed E-state index contributed by atoms with van der Waals surface area (Å²) in [4.78, 5) is 18.0. The topological polar surface area (TPSA) is 50.7 Å². The van der Waals surface area contributed by atoms with E-state index in [0.29, 0.717) is 32.2 Å². The Morgan fingerprint density at radius 1 is 1.03 bits per heavy atom. The highest BCUT2D eigenvalue weighted by molar-refractivity contribution is 8.13. The summed E-state index contributed by atoms with van der Waals surface area (Å²) in [6, 6.07) is 24.5. The molecule has 3 aromatic rings. The van der Waals surface area contributed by atoms with E-state index in [0.717, 1.165) is 16.7 Å². The standard InChI is InChI=1S/C26H22Cl2N2O2S/c1-2-32-25(31)22-23(17-9-5-3-6-10-17)29-26(30-24(22)18-11-7-4-8-12-18)33-16-19-13-14-20(27)15-21(19)28/h3-15,23H,2,16H2,1H3,(H,29,30)/t23-/m0/s1. The third-order valence-electron chi connectivity index (χ3n) is 5.07. The van der Waals surface area contributed by atoms with Gasteiger partial charge in [-0.1, -0.05) is 102 Å². The molecular weight excluding hydrogens is 475 g/mol. The van der Waals surface area contributed by atoms with E-state index in [-0.39, 0.29) is 12.6 Å². The Kier molecular flexibility index (Phi) is 7.76. The van der Waals surface area contributed by atoms with Crippen molar-refractivity contribution in [2.75, 3.05) is 6.61 Å². The molecule has 33 heavy (non-hydrogen) atoms. The molecular formula is C26H22Cl2N2O2S. The molecule has 0 bridgehead atoms. The van der Waals surface area contributed by atoms with Gasteiger partial charge in [0.1, 0.15) is 6.04 Å². The number of nitrogens with zero attached hydrogens (tertiary/aromatic N) is 1. The van der Waals surface area contributed by atoms with Crippen LogP contribution in [0.3, 0.4) is 0 Å². The first-order valence-electron chi connectivity index (χ1n) is 10.5. The Labute approximate surface area is 207 Å². The fourth-order valence-corrected chi connectivity index (χ4v) is 4.97. The van der Waals surface area contributed by atoms with Crippen molar-refractivity contribution in [3.8, 4) is 0 Å². The molecule has 1 aliphatic heterocycles. The maximum atomic E-state index is 13.1. The Hall–Kier alpha value is -2.73. The van der Waals surface area contributed by atoms with Crippen molar-refractivity contribution in [3.05, 3.63) is 111 Å². The number of esters is 1. The van der Waals surface area contributed by atoms with Gasteiger partial charge in [0, 0.05) is 15.8 Å². The number of nitrogens with one attached hydrogen (secondary N) is 1. The van der Waals surface area contributed by atoms with Crippen LogP contribution in [0.5, 0.6) is 0 Å². The Balaban J connectivity index is 1.74. The highest BCUT2D eigenvalue weighted by Crippen LogP contribution is 2.37. The van der Waals surface area contributed by atoms with Crippen LogP contribution in [-0.4, -0.2) is 17.7 Å². The van der Waals surface area contributed by atoms with E-state index in [1.807, 2.05) is 72.8 Å². The molecule has 1 atom stereocenters. The van der Waals surface area contributed by atoms with Gasteiger partial charge in [-0.3, -0.25) is 0 Å². The number of carbonyl (C=O) groups excluding carboxylic acids is 1. The predicted molar refractivity (Wildman–Crippen MR) is 138 cm³/mol. The quantitative estimate of drug-likeness (QED) is 0.377. The average molecular weight is 497 g/mol. The molecule has 0 aromatic heterocycles. The zero-order chi connectivity index (χ0) is 23.2. The summed E-state index contributed by atoms with van der Waals surface area (Å²) >= 11 is 13.9. The van der Waals surface area contributed by atoms with Gasteiger partial charge in [0.2, 0.25) is 0 Å². The molecule has 0 spiro atoms. The summed E-state index contributed by atoms with van der Waals surface area (Å²) in [5.74, 6) is 0.214. The van der Waals surface area contributed by atoms with Crippen LogP contribution in [0.2, 0.25) is 10.0 Å². The maximum Gasteiger partial charge on any atom is 0.338 e. The molecule has 0 aliphatic carbocycles. The number of thioether (sulfide) groups is 1. The van der Waals surface area contributed by atoms with Crippen molar-refractivity contribution < 1.29 is 9.53 Å². The third-order valence-corrected chi connectivity index (χ3v) is 6.60. The average Bonchev–Trinajstić information content (AvgIpc) is 2.84. The van der Waals surface area contributed by atoms with Gasteiger partial charge in [0.15, 0.2) is 5.17 Å². The van der Waals surface area contributed by atoms with Crippen LogP contribution in [0, 0.1) is 0 Å². The van der Waals surface area contributed by atoms with Crippen LogP contribution in [0.25, 0.3) is 5.70 Å². The van der Waals surface area contributed by atoms with Gasteiger partial charge in [-0.05, 0) is 35.7 Å². The van der Waals surface area contributed by atoms with Gasteiger partial charge < -0.3 is 10.1 Å². The Morgan fingerprint density at radius 3 is 2.39 bits per heavy atom. The third kappa shape index (κ3) is 5.61. The second-order valence-electron chi connectivity index (χ2n) is 7.27. The lowest BCUT2D eigenvalue weighted by Crippen LogP contribution is -2.31. The number of benzene rings is 3. The summed E-state index contributed by atoms with van der Waals surface area (Å²) in [6.07, 6.45) is 0. The zero-order valence-corrected chi connectivity index (χ0v) is 20.3. The van der Waals surface area contributed by atoms with Crippen LogP contribution in [0.1, 0.15) is 29.7 Å². The highest BCUT2D eigenvalue weighted by Gasteiger charge is 2.32. The van der Waals surface area contributed by atoms with Crippen LogP contribution in [0.15, 0.2) is 89.4 Å². The molecule has 3 aromatic carbocycles. The van der Waals surface area contributed by atoms with Gasteiger partial charge in [0.25, 0.3) is 0 Å². The van der Waals surface area contributed by atoms with E-state index in [1.165, 1.54) is 11.8 Å². The molecule has 4 nitrogen and oxygen atoms in total. The lowest BCUT2D eigenvalue weighted by molar-refractivity contribution is -0.138.